The minimum atomic E-state index is -0.316. The zero-order valence-electron chi connectivity index (χ0n) is 18.2. The van der Waals surface area contributed by atoms with Crippen molar-refractivity contribution in [3.05, 3.63) is 93.9 Å². The van der Waals surface area contributed by atoms with Gasteiger partial charge in [-0.25, -0.2) is 4.79 Å². The van der Waals surface area contributed by atoms with Crippen molar-refractivity contribution in [3.8, 4) is 22.9 Å². The molecule has 0 amide bonds. The second kappa shape index (κ2) is 9.38. The quantitative estimate of drug-likeness (QED) is 0.424. The van der Waals surface area contributed by atoms with Gasteiger partial charge in [-0.2, -0.15) is 9.36 Å². The highest BCUT2D eigenvalue weighted by molar-refractivity contribution is 5.45. The minimum absolute atomic E-state index is 0.265. The molecule has 0 bridgehead atoms. The number of methoxy groups -OCH3 is 1. The van der Waals surface area contributed by atoms with Gasteiger partial charge in [-0.1, -0.05) is 36.4 Å². The van der Waals surface area contributed by atoms with Crippen molar-refractivity contribution in [1.82, 2.24) is 19.8 Å². The molecule has 3 aromatic carbocycles. The van der Waals surface area contributed by atoms with Crippen molar-refractivity contribution in [2.45, 2.75) is 20.1 Å². The number of hydrogen-bond donors (Lipinski definition) is 0. The maximum Gasteiger partial charge on any atom is 0.368 e. The van der Waals surface area contributed by atoms with Crippen LogP contribution >= 0.6 is 0 Å². The topological polar surface area (TPSA) is 80.4 Å². The van der Waals surface area contributed by atoms with Gasteiger partial charge in [0.05, 0.1) is 12.8 Å². The SMILES string of the molecule is COc1ccccc1COc1cccc(OCc2c(C)cccc2-n2nnn(C)c2=O)c1. The van der Waals surface area contributed by atoms with Gasteiger partial charge in [0.1, 0.15) is 30.5 Å². The number of para-hydroxylation sites is 1. The molecule has 164 valence electrons. The van der Waals surface area contributed by atoms with Crippen molar-refractivity contribution in [1.29, 1.82) is 0 Å². The largest absolute Gasteiger partial charge is 0.496 e. The van der Waals surface area contributed by atoms with Gasteiger partial charge in [0, 0.05) is 24.2 Å². The number of rotatable bonds is 8. The highest BCUT2D eigenvalue weighted by atomic mass is 16.5. The van der Waals surface area contributed by atoms with Crippen LogP contribution in [0.3, 0.4) is 0 Å². The first kappa shape index (κ1) is 21.2. The first-order valence-corrected chi connectivity index (χ1v) is 10.1. The molecular weight excluding hydrogens is 408 g/mol. The lowest BCUT2D eigenvalue weighted by atomic mass is 10.1. The highest BCUT2D eigenvalue weighted by Crippen LogP contribution is 2.25. The second-order valence-corrected chi connectivity index (χ2v) is 7.23. The zero-order chi connectivity index (χ0) is 22.5. The number of hydrogen-bond acceptors (Lipinski definition) is 6. The van der Waals surface area contributed by atoms with Crippen LogP contribution in [0.4, 0.5) is 0 Å². The lowest BCUT2D eigenvalue weighted by molar-refractivity contribution is 0.285. The first-order chi connectivity index (χ1) is 15.6. The van der Waals surface area contributed by atoms with Crippen molar-refractivity contribution in [2.24, 2.45) is 7.05 Å². The number of tetrazole rings is 1. The van der Waals surface area contributed by atoms with E-state index in [0.29, 0.717) is 23.8 Å². The van der Waals surface area contributed by atoms with Crippen LogP contribution in [0.1, 0.15) is 16.7 Å². The molecule has 0 unspecified atom stereocenters. The lowest BCUT2D eigenvalue weighted by Gasteiger charge is -2.14. The first-order valence-electron chi connectivity index (χ1n) is 10.1. The molecule has 0 saturated carbocycles. The van der Waals surface area contributed by atoms with Crippen LogP contribution in [0.15, 0.2) is 71.5 Å². The molecular formula is C24H24N4O4. The summed E-state index contributed by atoms with van der Waals surface area (Å²) < 4.78 is 19.8. The maximum atomic E-state index is 12.3. The Labute approximate surface area is 185 Å². The molecule has 8 heteroatoms. The van der Waals surface area contributed by atoms with E-state index in [-0.39, 0.29) is 12.3 Å². The van der Waals surface area contributed by atoms with Gasteiger partial charge >= 0.3 is 5.69 Å². The Hall–Kier alpha value is -4.07. The smallest absolute Gasteiger partial charge is 0.368 e. The molecule has 0 saturated heterocycles. The molecule has 8 nitrogen and oxygen atoms in total. The van der Waals surface area contributed by atoms with E-state index in [9.17, 15) is 4.79 Å². The summed E-state index contributed by atoms with van der Waals surface area (Å²) in [5.74, 6) is 2.12. The zero-order valence-corrected chi connectivity index (χ0v) is 18.2. The highest BCUT2D eigenvalue weighted by Gasteiger charge is 2.14. The summed E-state index contributed by atoms with van der Waals surface area (Å²) in [6, 6.07) is 20.9. The fourth-order valence-electron chi connectivity index (χ4n) is 3.33. The van der Waals surface area contributed by atoms with Crippen LogP contribution in [-0.2, 0) is 20.3 Å². The molecule has 32 heavy (non-hydrogen) atoms. The second-order valence-electron chi connectivity index (χ2n) is 7.23. The summed E-state index contributed by atoms with van der Waals surface area (Å²) in [7, 11) is 3.20. The van der Waals surface area contributed by atoms with Crippen molar-refractivity contribution >= 4 is 0 Å². The molecule has 0 radical (unpaired) electrons. The Morgan fingerprint density at radius 3 is 2.31 bits per heavy atom. The van der Waals surface area contributed by atoms with Gasteiger partial charge < -0.3 is 14.2 Å². The third kappa shape index (κ3) is 4.49. The summed E-state index contributed by atoms with van der Waals surface area (Å²) in [5.41, 5.74) is 3.13. The predicted molar refractivity (Wildman–Crippen MR) is 119 cm³/mol. The molecule has 0 atom stereocenters. The maximum absolute atomic E-state index is 12.3. The Kier molecular flexibility index (Phi) is 6.21. The fourth-order valence-corrected chi connectivity index (χ4v) is 3.33. The summed E-state index contributed by atoms with van der Waals surface area (Å²) in [5, 5.41) is 7.76. The average molecular weight is 432 g/mol. The van der Waals surface area contributed by atoms with Crippen LogP contribution in [0, 0.1) is 6.92 Å². The number of ether oxygens (including phenoxy) is 3. The Balaban J connectivity index is 1.50. The predicted octanol–water partition coefficient (Wildman–Crippen LogP) is 3.44. The van der Waals surface area contributed by atoms with Crippen molar-refractivity contribution in [3.63, 3.8) is 0 Å². The van der Waals surface area contributed by atoms with Gasteiger partial charge in [-0.15, -0.1) is 0 Å². The van der Waals surface area contributed by atoms with Crippen LogP contribution in [0.5, 0.6) is 17.2 Å². The molecule has 0 aliphatic carbocycles. The van der Waals surface area contributed by atoms with E-state index >= 15 is 0 Å². The van der Waals surface area contributed by atoms with Gasteiger partial charge in [-0.3, -0.25) is 0 Å². The molecule has 0 N–H and O–H groups in total. The van der Waals surface area contributed by atoms with Gasteiger partial charge in [0.2, 0.25) is 0 Å². The third-order valence-corrected chi connectivity index (χ3v) is 5.11. The molecule has 0 fully saturated rings. The number of aromatic nitrogens is 4. The molecule has 0 spiro atoms. The van der Waals surface area contributed by atoms with Crippen LogP contribution in [0.25, 0.3) is 5.69 Å². The van der Waals surface area contributed by atoms with E-state index in [1.54, 1.807) is 14.2 Å². The third-order valence-electron chi connectivity index (χ3n) is 5.11. The number of benzene rings is 3. The van der Waals surface area contributed by atoms with E-state index in [4.69, 9.17) is 14.2 Å². The Bertz CT molecular complexity index is 1280. The summed E-state index contributed by atoms with van der Waals surface area (Å²) in [6.45, 7) is 2.61. The van der Waals surface area contributed by atoms with Gasteiger partial charge in [0.15, 0.2) is 0 Å². The van der Waals surface area contributed by atoms with Crippen molar-refractivity contribution in [2.75, 3.05) is 7.11 Å². The molecule has 4 rings (SSSR count). The van der Waals surface area contributed by atoms with Crippen LogP contribution in [0.2, 0.25) is 0 Å². The van der Waals surface area contributed by atoms with E-state index in [1.165, 1.54) is 9.36 Å². The standard InChI is InChI=1S/C24H24N4O4/c1-17-8-6-12-22(28-24(29)27(2)25-26-28)21(17)16-32-20-11-7-10-19(14-20)31-15-18-9-4-5-13-23(18)30-3/h4-14H,15-16H2,1-3H3. The minimum Gasteiger partial charge on any atom is -0.496 e. The van der Waals surface area contributed by atoms with E-state index in [2.05, 4.69) is 10.4 Å². The number of aryl methyl sites for hydroxylation is 2. The average Bonchev–Trinajstić information content (AvgIpc) is 3.15. The number of nitrogens with zero attached hydrogens (tertiary/aromatic N) is 4. The van der Waals surface area contributed by atoms with Crippen LogP contribution in [-0.4, -0.2) is 26.9 Å². The van der Waals surface area contributed by atoms with Crippen molar-refractivity contribution < 1.29 is 14.2 Å². The van der Waals surface area contributed by atoms with E-state index < -0.39 is 0 Å². The molecule has 4 aromatic rings. The van der Waals surface area contributed by atoms with Crippen LogP contribution < -0.4 is 19.9 Å². The molecule has 0 aliphatic rings. The summed E-state index contributed by atoms with van der Waals surface area (Å²) in [6.07, 6.45) is 0. The fraction of sp³-hybridized carbons (Fsp3) is 0.208. The van der Waals surface area contributed by atoms with E-state index in [1.807, 2.05) is 73.7 Å². The van der Waals surface area contributed by atoms with Gasteiger partial charge in [-0.05, 0) is 47.2 Å². The lowest BCUT2D eigenvalue weighted by Crippen LogP contribution is -2.23. The van der Waals surface area contributed by atoms with Gasteiger partial charge in [0.25, 0.3) is 0 Å². The molecule has 0 aliphatic heterocycles. The Morgan fingerprint density at radius 2 is 1.59 bits per heavy atom. The molecule has 1 aromatic heterocycles. The monoisotopic (exact) mass is 432 g/mol. The normalized spacial score (nSPS) is 10.7. The van der Waals surface area contributed by atoms with E-state index in [0.717, 1.165) is 22.4 Å². The molecule has 1 heterocycles. The Morgan fingerprint density at radius 1 is 0.875 bits per heavy atom. The summed E-state index contributed by atoms with van der Waals surface area (Å²) >= 11 is 0. The summed E-state index contributed by atoms with van der Waals surface area (Å²) in [4.78, 5) is 12.3.